The number of nitrogens with zero attached hydrogens (tertiary/aromatic N) is 2. The van der Waals surface area contributed by atoms with Gasteiger partial charge < -0.3 is 10.2 Å². The molecule has 0 aromatic carbocycles. The Balaban J connectivity index is 1.84. The minimum Gasteiger partial charge on any atom is -0.390 e. The molecular formula is C32H54N2O2+2. The van der Waals surface area contributed by atoms with Crippen molar-refractivity contribution in [2.45, 2.75) is 141 Å². The normalized spacial score (nSPS) is 14.9. The Kier molecular flexibility index (Phi) is 16.4. The summed E-state index contributed by atoms with van der Waals surface area (Å²) in [5.74, 6) is 0. The maximum atomic E-state index is 10.8. The highest BCUT2D eigenvalue weighted by atomic mass is 16.3. The molecule has 4 atom stereocenters. The molecule has 0 spiro atoms. The van der Waals surface area contributed by atoms with Crippen LogP contribution in [0.3, 0.4) is 0 Å². The predicted molar refractivity (Wildman–Crippen MR) is 149 cm³/mol. The summed E-state index contributed by atoms with van der Waals surface area (Å²) in [6.07, 6.45) is 25.4. The van der Waals surface area contributed by atoms with Crippen molar-refractivity contribution in [2.24, 2.45) is 0 Å². The van der Waals surface area contributed by atoms with Gasteiger partial charge in [0.2, 0.25) is 0 Å². The Hall–Kier alpha value is -1.78. The SMILES string of the molecule is CCCCCCCC(CCC(O)C(O)CCC(CCCCCCC)[n+]1ccccc1)[n+]1ccccc1. The minimum absolute atomic E-state index is 0.380. The number of hydrogen-bond donors (Lipinski definition) is 2. The number of aromatic nitrogens is 2. The Morgan fingerprint density at radius 2 is 0.806 bits per heavy atom. The molecule has 2 N–H and O–H groups in total. The Labute approximate surface area is 221 Å². The van der Waals surface area contributed by atoms with Crippen molar-refractivity contribution in [3.8, 4) is 0 Å². The zero-order valence-electron chi connectivity index (χ0n) is 23.2. The van der Waals surface area contributed by atoms with Gasteiger partial charge in [-0.1, -0.05) is 77.3 Å². The van der Waals surface area contributed by atoms with Crippen LogP contribution in [0, 0.1) is 0 Å². The Bertz CT molecular complexity index is 690. The molecule has 0 radical (unpaired) electrons. The highest BCUT2D eigenvalue weighted by Crippen LogP contribution is 2.22. The summed E-state index contributed by atoms with van der Waals surface area (Å²) in [5.41, 5.74) is 0. The van der Waals surface area contributed by atoms with Crippen LogP contribution < -0.4 is 9.13 Å². The van der Waals surface area contributed by atoms with Gasteiger partial charge in [0.15, 0.2) is 36.9 Å². The van der Waals surface area contributed by atoms with E-state index < -0.39 is 12.2 Å². The lowest BCUT2D eigenvalue weighted by molar-refractivity contribution is -0.725. The zero-order chi connectivity index (χ0) is 25.8. The van der Waals surface area contributed by atoms with Gasteiger partial charge in [-0.3, -0.25) is 0 Å². The molecule has 0 aliphatic heterocycles. The van der Waals surface area contributed by atoms with Gasteiger partial charge in [-0.05, 0) is 25.7 Å². The van der Waals surface area contributed by atoms with Crippen LogP contribution in [0.25, 0.3) is 0 Å². The van der Waals surface area contributed by atoms with Crippen LogP contribution in [-0.4, -0.2) is 22.4 Å². The van der Waals surface area contributed by atoms with Crippen LogP contribution in [0.5, 0.6) is 0 Å². The number of hydrogen-bond acceptors (Lipinski definition) is 2. The summed E-state index contributed by atoms with van der Waals surface area (Å²) in [7, 11) is 0. The fraction of sp³-hybridized carbons (Fsp3) is 0.688. The van der Waals surface area contributed by atoms with Gasteiger partial charge in [0.25, 0.3) is 0 Å². The van der Waals surface area contributed by atoms with Gasteiger partial charge in [-0.15, -0.1) is 0 Å². The molecule has 0 aliphatic carbocycles. The highest BCUT2D eigenvalue weighted by molar-refractivity contribution is 4.85. The molecule has 0 saturated heterocycles. The van der Waals surface area contributed by atoms with E-state index in [1.807, 2.05) is 0 Å². The van der Waals surface area contributed by atoms with Gasteiger partial charge in [0.05, 0.1) is 12.2 Å². The third kappa shape index (κ3) is 12.5. The lowest BCUT2D eigenvalue weighted by atomic mass is 9.95. The average molecular weight is 499 g/mol. The molecule has 2 rings (SSSR count). The molecule has 0 aliphatic rings. The summed E-state index contributed by atoms with van der Waals surface area (Å²) in [6, 6.07) is 13.2. The van der Waals surface area contributed by atoms with E-state index in [2.05, 4.69) is 84.2 Å². The molecule has 36 heavy (non-hydrogen) atoms. The van der Waals surface area contributed by atoms with E-state index in [0.29, 0.717) is 24.9 Å². The summed E-state index contributed by atoms with van der Waals surface area (Å²) in [4.78, 5) is 0. The summed E-state index contributed by atoms with van der Waals surface area (Å²) in [5, 5.41) is 21.7. The van der Waals surface area contributed by atoms with Gasteiger partial charge in [0, 0.05) is 49.9 Å². The van der Waals surface area contributed by atoms with Crippen LogP contribution in [0.1, 0.15) is 129 Å². The van der Waals surface area contributed by atoms with Crippen molar-refractivity contribution in [3.63, 3.8) is 0 Å². The second kappa shape index (κ2) is 19.3. The fourth-order valence-corrected chi connectivity index (χ4v) is 5.27. The molecule has 0 bridgehead atoms. The first-order chi connectivity index (χ1) is 17.7. The van der Waals surface area contributed by atoms with Crippen molar-refractivity contribution in [1.29, 1.82) is 0 Å². The minimum atomic E-state index is -0.664. The summed E-state index contributed by atoms with van der Waals surface area (Å²) in [6.45, 7) is 4.51. The van der Waals surface area contributed by atoms with Crippen LogP contribution >= 0.6 is 0 Å². The maximum Gasteiger partial charge on any atom is 0.169 e. The number of unbranched alkanes of at least 4 members (excludes halogenated alkanes) is 8. The summed E-state index contributed by atoms with van der Waals surface area (Å²) < 4.78 is 4.58. The molecule has 4 nitrogen and oxygen atoms in total. The van der Waals surface area contributed by atoms with Crippen LogP contribution in [0.4, 0.5) is 0 Å². The van der Waals surface area contributed by atoms with Crippen molar-refractivity contribution >= 4 is 0 Å². The number of aliphatic hydroxyl groups is 2. The van der Waals surface area contributed by atoms with Crippen LogP contribution in [-0.2, 0) is 0 Å². The van der Waals surface area contributed by atoms with Gasteiger partial charge in [-0.25, -0.2) is 9.13 Å². The second-order valence-electron chi connectivity index (χ2n) is 10.6. The van der Waals surface area contributed by atoms with E-state index >= 15 is 0 Å². The van der Waals surface area contributed by atoms with E-state index in [1.54, 1.807) is 0 Å². The second-order valence-corrected chi connectivity index (χ2v) is 10.6. The Morgan fingerprint density at radius 1 is 0.444 bits per heavy atom. The third-order valence-corrected chi connectivity index (χ3v) is 7.64. The maximum absolute atomic E-state index is 10.8. The molecular weight excluding hydrogens is 444 g/mol. The molecule has 2 aromatic rings. The Morgan fingerprint density at radius 3 is 1.17 bits per heavy atom. The average Bonchev–Trinajstić information content (AvgIpc) is 2.92. The number of pyridine rings is 2. The fourth-order valence-electron chi connectivity index (χ4n) is 5.27. The van der Waals surface area contributed by atoms with Crippen LogP contribution in [0.2, 0.25) is 0 Å². The lowest BCUT2D eigenvalue weighted by Gasteiger charge is -2.21. The largest absolute Gasteiger partial charge is 0.390 e. The van der Waals surface area contributed by atoms with Crippen molar-refractivity contribution in [2.75, 3.05) is 0 Å². The van der Waals surface area contributed by atoms with E-state index in [1.165, 1.54) is 64.2 Å². The number of aliphatic hydroxyl groups excluding tert-OH is 2. The molecule has 202 valence electrons. The molecule has 2 heterocycles. The smallest absolute Gasteiger partial charge is 0.169 e. The predicted octanol–water partition coefficient (Wildman–Crippen LogP) is 7.05. The van der Waals surface area contributed by atoms with E-state index in [-0.39, 0.29) is 0 Å². The first-order valence-corrected chi connectivity index (χ1v) is 14.9. The highest BCUT2D eigenvalue weighted by Gasteiger charge is 2.25. The number of rotatable bonds is 21. The van der Waals surface area contributed by atoms with Gasteiger partial charge in [-0.2, -0.15) is 0 Å². The molecule has 0 saturated carbocycles. The molecule has 0 fully saturated rings. The van der Waals surface area contributed by atoms with E-state index in [9.17, 15) is 10.2 Å². The quantitative estimate of drug-likeness (QED) is 0.143. The van der Waals surface area contributed by atoms with Gasteiger partial charge >= 0.3 is 0 Å². The molecule has 0 amide bonds. The molecule has 4 unspecified atom stereocenters. The van der Waals surface area contributed by atoms with Gasteiger partial charge in [0.1, 0.15) is 0 Å². The topological polar surface area (TPSA) is 48.2 Å². The van der Waals surface area contributed by atoms with Crippen molar-refractivity contribution in [1.82, 2.24) is 0 Å². The lowest BCUT2D eigenvalue weighted by Crippen LogP contribution is -2.40. The summed E-state index contributed by atoms with van der Waals surface area (Å²) >= 11 is 0. The van der Waals surface area contributed by atoms with E-state index in [4.69, 9.17) is 0 Å². The first kappa shape index (κ1) is 30.4. The standard InChI is InChI=1S/C32H54N2O2/c1-3-5-7-9-13-19-29(33-25-15-11-16-26-33)21-23-31(35)32(36)24-22-30(20-14-10-8-6-4-2)34-27-17-12-18-28-34/h11-12,15-18,25-32,35-36H,3-10,13-14,19-24H2,1-2H3/q+2. The molecule has 2 aromatic heterocycles. The third-order valence-electron chi connectivity index (χ3n) is 7.64. The first-order valence-electron chi connectivity index (χ1n) is 14.9. The van der Waals surface area contributed by atoms with Crippen molar-refractivity contribution < 1.29 is 19.3 Å². The van der Waals surface area contributed by atoms with E-state index in [0.717, 1.165) is 25.7 Å². The van der Waals surface area contributed by atoms with Crippen molar-refractivity contribution in [3.05, 3.63) is 61.2 Å². The zero-order valence-corrected chi connectivity index (χ0v) is 23.2. The molecule has 4 heteroatoms. The monoisotopic (exact) mass is 498 g/mol. The van der Waals surface area contributed by atoms with Crippen LogP contribution in [0.15, 0.2) is 61.2 Å².